The summed E-state index contributed by atoms with van der Waals surface area (Å²) in [6.45, 7) is 1.50. The highest BCUT2D eigenvalue weighted by molar-refractivity contribution is 5.89. The smallest absolute Gasteiger partial charge is 0.456 e. The van der Waals surface area contributed by atoms with Gasteiger partial charge in [0.05, 0.1) is 6.04 Å². The molecule has 0 aromatic carbocycles. The molecule has 0 spiro atoms. The van der Waals surface area contributed by atoms with Crippen LogP contribution in [0.3, 0.4) is 0 Å². The molecule has 1 atom stereocenters. The Morgan fingerprint density at radius 1 is 1.36 bits per heavy atom. The Kier molecular flexibility index (Phi) is 6.47. The molecule has 0 saturated carbocycles. The van der Waals surface area contributed by atoms with Crippen LogP contribution < -0.4 is 10.7 Å². The number of hydrogen-bond donors (Lipinski definition) is 2. The molecule has 1 aromatic rings. The average molecular weight is 406 g/mol. The number of ether oxygens (including phenoxy) is 1. The number of nitrogens with zero attached hydrogens (tertiary/aromatic N) is 2. The van der Waals surface area contributed by atoms with E-state index in [4.69, 9.17) is 4.74 Å². The first kappa shape index (κ1) is 21.5. The fourth-order valence-corrected chi connectivity index (χ4v) is 2.22. The number of alkyl halides is 5. The Morgan fingerprint density at radius 2 is 2.07 bits per heavy atom. The summed E-state index contributed by atoms with van der Waals surface area (Å²) >= 11 is 0. The monoisotopic (exact) mass is 406 g/mol. The highest BCUT2D eigenvalue weighted by Crippen LogP contribution is 2.36. The van der Waals surface area contributed by atoms with Crippen molar-refractivity contribution in [1.29, 1.82) is 0 Å². The summed E-state index contributed by atoms with van der Waals surface area (Å²) in [5, 5.41) is 3.87. The van der Waals surface area contributed by atoms with Gasteiger partial charge in [0.1, 0.15) is 5.82 Å². The van der Waals surface area contributed by atoms with Crippen LogP contribution in [0.4, 0.5) is 27.8 Å². The Labute approximate surface area is 158 Å². The molecular weight excluding hydrogens is 387 g/mol. The van der Waals surface area contributed by atoms with Crippen molar-refractivity contribution in [3.63, 3.8) is 0 Å². The van der Waals surface area contributed by atoms with Gasteiger partial charge in [0, 0.05) is 24.9 Å². The van der Waals surface area contributed by atoms with Crippen molar-refractivity contribution in [1.82, 2.24) is 15.4 Å². The van der Waals surface area contributed by atoms with E-state index in [1.807, 2.05) is 0 Å². The fourth-order valence-electron chi connectivity index (χ4n) is 2.22. The summed E-state index contributed by atoms with van der Waals surface area (Å²) < 4.78 is 68.1. The largest absolute Gasteiger partial charge is 0.471 e. The standard InChI is InChI=1S/C17H19F5N4O2/c1-3-14(27)25-13-9-12(6-8-23-13)11(2)26-15(5-4-7-24-26)28-10-16(18,19)17(20,21)22/h4-9,11,24H,3,10H2,1-2H3,(H,23,25,27). The van der Waals surface area contributed by atoms with Crippen LogP contribution in [0.5, 0.6) is 0 Å². The van der Waals surface area contributed by atoms with Crippen molar-refractivity contribution in [3.8, 4) is 0 Å². The Bertz CT molecular complexity index is 764. The molecule has 6 nitrogen and oxygen atoms in total. The molecule has 1 amide bonds. The quantitative estimate of drug-likeness (QED) is 0.673. The highest BCUT2D eigenvalue weighted by atomic mass is 19.4. The summed E-state index contributed by atoms with van der Waals surface area (Å²) in [4.78, 5) is 15.5. The molecular formula is C17H19F5N4O2. The molecule has 2 heterocycles. The van der Waals surface area contributed by atoms with Gasteiger partial charge in [-0.1, -0.05) is 6.92 Å². The lowest BCUT2D eigenvalue weighted by Crippen LogP contribution is -2.43. The number of pyridine rings is 1. The average Bonchev–Trinajstić information content (AvgIpc) is 2.65. The number of hydrogen-bond acceptors (Lipinski definition) is 5. The minimum absolute atomic E-state index is 0.213. The maximum absolute atomic E-state index is 13.2. The van der Waals surface area contributed by atoms with E-state index in [1.165, 1.54) is 29.6 Å². The van der Waals surface area contributed by atoms with Crippen LogP contribution in [0.15, 0.2) is 42.6 Å². The number of nitrogens with one attached hydrogen (secondary N) is 2. The van der Waals surface area contributed by atoms with Crippen molar-refractivity contribution < 1.29 is 31.5 Å². The fraction of sp³-hybridized carbons (Fsp3) is 0.412. The van der Waals surface area contributed by atoms with E-state index in [1.54, 1.807) is 26.0 Å². The SMILES string of the molecule is CCC(=O)Nc1cc(C(C)N2NC=CC=C2OCC(F)(F)C(F)(F)F)ccn1. The predicted molar refractivity (Wildman–Crippen MR) is 90.7 cm³/mol. The van der Waals surface area contributed by atoms with E-state index >= 15 is 0 Å². The van der Waals surface area contributed by atoms with Crippen LogP contribution >= 0.6 is 0 Å². The number of hydrazine groups is 1. The molecule has 154 valence electrons. The number of allylic oxidation sites excluding steroid dienone is 2. The van der Waals surface area contributed by atoms with Gasteiger partial charge in [-0.25, -0.2) is 4.98 Å². The van der Waals surface area contributed by atoms with Crippen LogP contribution in [0.2, 0.25) is 0 Å². The number of rotatable bonds is 7. The van der Waals surface area contributed by atoms with E-state index in [9.17, 15) is 26.7 Å². The van der Waals surface area contributed by atoms with E-state index in [0.717, 1.165) is 0 Å². The lowest BCUT2D eigenvalue weighted by molar-refractivity contribution is -0.295. The zero-order valence-electron chi connectivity index (χ0n) is 15.1. The number of anilines is 1. The molecule has 0 fully saturated rings. The van der Waals surface area contributed by atoms with Gasteiger partial charge in [0.15, 0.2) is 6.61 Å². The minimum Gasteiger partial charge on any atom is -0.471 e. The lowest BCUT2D eigenvalue weighted by Gasteiger charge is -2.34. The second-order valence-electron chi connectivity index (χ2n) is 5.91. The summed E-state index contributed by atoms with van der Waals surface area (Å²) in [7, 11) is 0. The van der Waals surface area contributed by atoms with Gasteiger partial charge >= 0.3 is 12.1 Å². The van der Waals surface area contributed by atoms with Crippen molar-refractivity contribution in [2.45, 2.75) is 38.4 Å². The van der Waals surface area contributed by atoms with E-state index in [2.05, 4.69) is 15.7 Å². The van der Waals surface area contributed by atoms with Gasteiger partial charge in [-0.3, -0.25) is 9.80 Å². The topological polar surface area (TPSA) is 66.5 Å². The molecule has 0 bridgehead atoms. The Balaban J connectivity index is 2.14. The zero-order valence-corrected chi connectivity index (χ0v) is 15.1. The number of carbonyl (C=O) groups is 1. The molecule has 2 N–H and O–H groups in total. The summed E-state index contributed by atoms with van der Waals surface area (Å²) in [5.74, 6) is -5.15. The third kappa shape index (κ3) is 5.11. The van der Waals surface area contributed by atoms with Gasteiger partial charge in [-0.15, -0.1) is 0 Å². The zero-order chi connectivity index (χ0) is 20.9. The summed E-state index contributed by atoms with van der Waals surface area (Å²) in [6.07, 6.45) is 0.128. The molecule has 1 aliphatic heterocycles. The first-order valence-electron chi connectivity index (χ1n) is 8.30. The summed E-state index contributed by atoms with van der Waals surface area (Å²) in [5.41, 5.74) is 3.35. The van der Waals surface area contributed by atoms with E-state index < -0.39 is 24.7 Å². The molecule has 0 saturated heterocycles. The molecule has 28 heavy (non-hydrogen) atoms. The van der Waals surface area contributed by atoms with Gasteiger partial charge in [-0.05, 0) is 30.7 Å². The lowest BCUT2D eigenvalue weighted by atomic mass is 10.1. The molecule has 11 heteroatoms. The van der Waals surface area contributed by atoms with Gasteiger partial charge in [-0.2, -0.15) is 22.0 Å². The van der Waals surface area contributed by atoms with Crippen LogP contribution in [0.25, 0.3) is 0 Å². The van der Waals surface area contributed by atoms with Crippen LogP contribution in [-0.4, -0.2) is 34.6 Å². The van der Waals surface area contributed by atoms with Crippen molar-refractivity contribution in [2.75, 3.05) is 11.9 Å². The van der Waals surface area contributed by atoms with E-state index in [-0.39, 0.29) is 18.2 Å². The Morgan fingerprint density at radius 3 is 2.71 bits per heavy atom. The third-order valence-electron chi connectivity index (χ3n) is 3.84. The van der Waals surface area contributed by atoms with Gasteiger partial charge < -0.3 is 15.5 Å². The van der Waals surface area contributed by atoms with Crippen LogP contribution in [0.1, 0.15) is 31.9 Å². The predicted octanol–water partition coefficient (Wildman–Crippen LogP) is 3.88. The maximum Gasteiger partial charge on any atom is 0.456 e. The molecule has 1 unspecified atom stereocenters. The van der Waals surface area contributed by atoms with Crippen molar-refractivity contribution in [2.24, 2.45) is 0 Å². The second kappa shape index (κ2) is 8.44. The molecule has 2 rings (SSSR count). The molecule has 0 radical (unpaired) electrons. The molecule has 1 aliphatic rings. The summed E-state index contributed by atoms with van der Waals surface area (Å²) in [6, 6.07) is 2.64. The Hall–Kier alpha value is -2.85. The highest BCUT2D eigenvalue weighted by Gasteiger charge is 2.58. The number of carbonyl (C=O) groups excluding carboxylic acids is 1. The van der Waals surface area contributed by atoms with E-state index in [0.29, 0.717) is 11.4 Å². The number of aromatic nitrogens is 1. The van der Waals surface area contributed by atoms with Crippen molar-refractivity contribution in [3.05, 3.63) is 48.1 Å². The number of halogens is 5. The normalized spacial score (nSPS) is 15.5. The van der Waals surface area contributed by atoms with Crippen LogP contribution in [-0.2, 0) is 9.53 Å². The maximum atomic E-state index is 13.2. The molecule has 1 aromatic heterocycles. The first-order chi connectivity index (χ1) is 13.0. The first-order valence-corrected chi connectivity index (χ1v) is 8.30. The van der Waals surface area contributed by atoms with Crippen LogP contribution in [0, 0.1) is 0 Å². The van der Waals surface area contributed by atoms with Gasteiger partial charge in [0.25, 0.3) is 0 Å². The second-order valence-corrected chi connectivity index (χ2v) is 5.91. The van der Waals surface area contributed by atoms with Gasteiger partial charge in [0.2, 0.25) is 11.8 Å². The van der Waals surface area contributed by atoms with Crippen molar-refractivity contribution >= 4 is 11.7 Å². The molecule has 0 aliphatic carbocycles. The minimum atomic E-state index is -5.71. The number of amides is 1. The third-order valence-corrected chi connectivity index (χ3v) is 3.84.